The Labute approximate surface area is 523 Å². The van der Waals surface area contributed by atoms with Crippen LogP contribution in [-0.4, -0.2) is 4.57 Å². The van der Waals surface area contributed by atoms with Crippen molar-refractivity contribution in [1.82, 2.24) is 4.57 Å². The fourth-order valence-electron chi connectivity index (χ4n) is 13.6. The van der Waals surface area contributed by atoms with Crippen LogP contribution in [0, 0.1) is 20.8 Å². The van der Waals surface area contributed by atoms with Gasteiger partial charge in [0.25, 0.3) is 0 Å². The normalized spacial score (nSPS) is 14.5. The summed E-state index contributed by atoms with van der Waals surface area (Å²) in [6.45, 7) is 29.3. The van der Waals surface area contributed by atoms with E-state index < -0.39 is 5.41 Å². The van der Waals surface area contributed by atoms with Gasteiger partial charge < -0.3 is 9.47 Å². The summed E-state index contributed by atoms with van der Waals surface area (Å²) >= 11 is 0. The standard InChI is InChI=1S/C65H54N2.C12H14.C7H8.C2H6/c1-8-42(5)45-24-29-48(30-25-45)65(47-27-22-44(23-28-47)40(2)3)59-35-41(4)21-33-56(59)64-55-19-12-11-17-53(55)63(39-60(64)65)67(50-32-34-62-58(38-50)54-18-13-14-20-61(54)66(62)7)49-31-26-46-36-43(6)51-15-9-10-16-52(51)57(46)37-49;1-4-6-12-8-7-10(3)9-11(12)5-2;1-7-5-3-2-4-6-7;1-2/h8-35,37-39,43H,2,36H2,1,3-7H3;4-9H,2H2,1,3H3;2-6H,1H3;1-2H3/b42-8+;6-4-;;. The van der Waals surface area contributed by atoms with Crippen molar-refractivity contribution in [3.05, 3.63) is 328 Å². The summed E-state index contributed by atoms with van der Waals surface area (Å²) in [4.78, 5) is 2.56. The lowest BCUT2D eigenvalue weighted by molar-refractivity contribution is 0.749. The number of nitrogens with zero attached hydrogens (tertiary/aromatic N) is 2. The highest BCUT2D eigenvalue weighted by atomic mass is 15.1. The fourth-order valence-corrected chi connectivity index (χ4v) is 13.6. The second-order valence-corrected chi connectivity index (χ2v) is 23.7. The summed E-state index contributed by atoms with van der Waals surface area (Å²) < 4.78 is 2.33. The van der Waals surface area contributed by atoms with Crippen LogP contribution < -0.4 is 4.90 Å². The molecule has 0 fully saturated rings. The van der Waals surface area contributed by atoms with Crippen LogP contribution in [0.25, 0.3) is 78.1 Å². The Morgan fingerprint density at radius 3 is 1.80 bits per heavy atom. The van der Waals surface area contributed by atoms with Crippen LogP contribution in [0.3, 0.4) is 0 Å². The van der Waals surface area contributed by atoms with Crippen LogP contribution in [0.4, 0.5) is 17.1 Å². The first-order chi connectivity index (χ1) is 42.8. The first-order valence-corrected chi connectivity index (χ1v) is 31.4. The molecule has 0 N–H and O–H groups in total. The van der Waals surface area contributed by atoms with Crippen molar-refractivity contribution in [2.45, 2.75) is 87.0 Å². The van der Waals surface area contributed by atoms with Crippen LogP contribution >= 0.6 is 0 Å². The molecule has 12 aromatic rings. The smallest absolute Gasteiger partial charge is 0.0714 e. The van der Waals surface area contributed by atoms with E-state index in [-0.39, 0.29) is 0 Å². The van der Waals surface area contributed by atoms with E-state index in [9.17, 15) is 0 Å². The van der Waals surface area contributed by atoms with E-state index >= 15 is 0 Å². The summed E-state index contributed by atoms with van der Waals surface area (Å²) in [5.74, 6) is 0.457. The molecule has 0 spiro atoms. The highest BCUT2D eigenvalue weighted by molar-refractivity contribution is 6.13. The molecule has 436 valence electrons. The summed E-state index contributed by atoms with van der Waals surface area (Å²) in [5, 5.41) is 4.96. The van der Waals surface area contributed by atoms with E-state index in [1.54, 1.807) is 0 Å². The molecule has 2 heteroatoms. The molecule has 2 unspecified atom stereocenters. The van der Waals surface area contributed by atoms with Gasteiger partial charge in [-0.25, -0.2) is 0 Å². The van der Waals surface area contributed by atoms with Gasteiger partial charge in [0.05, 0.1) is 11.1 Å². The zero-order valence-corrected chi connectivity index (χ0v) is 53.3. The predicted molar refractivity (Wildman–Crippen MR) is 385 cm³/mol. The van der Waals surface area contributed by atoms with Gasteiger partial charge in [-0.2, -0.15) is 0 Å². The van der Waals surface area contributed by atoms with Gasteiger partial charge in [-0.1, -0.05) is 269 Å². The molecule has 0 aliphatic heterocycles. The third-order valence-electron chi connectivity index (χ3n) is 18.1. The van der Waals surface area contributed by atoms with Gasteiger partial charge in [-0.05, 0) is 192 Å². The number of rotatable bonds is 9. The molecule has 0 saturated heterocycles. The minimum absolute atomic E-state index is 0.457. The molecule has 0 saturated carbocycles. The van der Waals surface area contributed by atoms with Crippen molar-refractivity contribution in [2.24, 2.45) is 7.05 Å². The third kappa shape index (κ3) is 11.0. The lowest BCUT2D eigenvalue weighted by Gasteiger charge is -2.36. The van der Waals surface area contributed by atoms with E-state index in [1.165, 1.54) is 127 Å². The van der Waals surface area contributed by atoms with Gasteiger partial charge in [-0.15, -0.1) is 0 Å². The van der Waals surface area contributed by atoms with Crippen molar-refractivity contribution >= 4 is 72.9 Å². The minimum atomic E-state index is -0.637. The Morgan fingerprint density at radius 2 is 1.12 bits per heavy atom. The second kappa shape index (κ2) is 25.7. The number of fused-ring (bicyclic) bond motifs is 11. The number of aromatic nitrogens is 1. The van der Waals surface area contributed by atoms with Gasteiger partial charge >= 0.3 is 0 Å². The van der Waals surface area contributed by atoms with Crippen LogP contribution in [0.15, 0.2) is 256 Å². The first kappa shape index (κ1) is 59.9. The maximum atomic E-state index is 4.34. The number of hydrogen-bond donors (Lipinski definition) is 0. The van der Waals surface area contributed by atoms with Gasteiger partial charge in [0.15, 0.2) is 0 Å². The average molecular weight is 1140 g/mol. The van der Waals surface area contributed by atoms with Crippen LogP contribution in [0.2, 0.25) is 0 Å². The molecule has 0 radical (unpaired) electrons. The Bertz CT molecular complexity index is 4620. The summed E-state index contributed by atoms with van der Waals surface area (Å²) in [5.41, 5.74) is 29.4. The highest BCUT2D eigenvalue weighted by Gasteiger charge is 2.48. The zero-order valence-electron chi connectivity index (χ0n) is 53.3. The highest BCUT2D eigenvalue weighted by Crippen LogP contribution is 2.60. The van der Waals surface area contributed by atoms with E-state index in [4.69, 9.17) is 0 Å². The number of hydrogen-bond acceptors (Lipinski definition) is 1. The number of para-hydroxylation sites is 1. The van der Waals surface area contributed by atoms with Crippen LogP contribution in [0.5, 0.6) is 0 Å². The van der Waals surface area contributed by atoms with E-state index in [2.05, 4.69) is 303 Å². The van der Waals surface area contributed by atoms with Crippen molar-refractivity contribution in [2.75, 3.05) is 4.90 Å². The maximum Gasteiger partial charge on any atom is 0.0714 e. The number of allylic oxidation sites excluding steroid dienone is 4. The lowest BCUT2D eigenvalue weighted by Crippen LogP contribution is -2.29. The van der Waals surface area contributed by atoms with Crippen LogP contribution in [0.1, 0.15) is 127 Å². The lowest BCUT2D eigenvalue weighted by atomic mass is 9.67. The van der Waals surface area contributed by atoms with E-state index in [1.807, 2.05) is 51.1 Å². The van der Waals surface area contributed by atoms with Crippen LogP contribution in [-0.2, 0) is 18.9 Å². The third-order valence-corrected chi connectivity index (χ3v) is 18.1. The molecule has 2 aliphatic rings. The van der Waals surface area contributed by atoms with Crippen molar-refractivity contribution in [3.63, 3.8) is 0 Å². The number of aryl methyl sites for hydroxylation is 4. The molecule has 1 heterocycles. The minimum Gasteiger partial charge on any atom is -0.344 e. The SMILES string of the molecule is C=C(C)c1ccc(C2(c3ccc(/C(C)=C/C)cc3)c3cc(C)ccc3-c3c2cc(N(c2ccc4c(c2)-c2ccccc2C(C)C4)c2ccc4c(c2)c2ccccc2n4C)c2ccccc32)cc1.C=Cc1cc(C)ccc1/C=C\C.CC.Cc1ccccc1. The molecule has 2 atom stereocenters. The van der Waals surface area contributed by atoms with Crippen molar-refractivity contribution in [3.8, 4) is 22.3 Å². The molecular weight excluding hydrogens is 1060 g/mol. The van der Waals surface area contributed by atoms with Gasteiger partial charge in [0.2, 0.25) is 0 Å². The molecule has 1 aromatic heterocycles. The molecule has 88 heavy (non-hydrogen) atoms. The summed E-state index contributed by atoms with van der Waals surface area (Å²) in [6, 6.07) is 86.3. The number of anilines is 3. The molecule has 0 bridgehead atoms. The Morgan fingerprint density at radius 1 is 0.523 bits per heavy atom. The van der Waals surface area contributed by atoms with Gasteiger partial charge in [0, 0.05) is 45.6 Å². The molecule has 2 nitrogen and oxygen atoms in total. The van der Waals surface area contributed by atoms with E-state index in [0.29, 0.717) is 5.92 Å². The fraction of sp³-hybridized carbons (Fsp3) is 0.163. The molecule has 0 amide bonds. The Kier molecular flexibility index (Phi) is 17.5. The maximum absolute atomic E-state index is 4.34. The Hall–Kier alpha value is -9.76. The Balaban J connectivity index is 0.000000324. The summed E-state index contributed by atoms with van der Waals surface area (Å²) in [6.07, 6.45) is 9.25. The topological polar surface area (TPSA) is 8.17 Å². The molecule has 14 rings (SSSR count). The largest absolute Gasteiger partial charge is 0.344 e. The van der Waals surface area contributed by atoms with Crippen molar-refractivity contribution in [1.29, 1.82) is 0 Å². The predicted octanol–water partition coefficient (Wildman–Crippen LogP) is 24.1. The monoisotopic (exact) mass is 1140 g/mol. The number of benzene rings is 11. The molecule has 2 aliphatic carbocycles. The second-order valence-electron chi connectivity index (χ2n) is 23.7. The van der Waals surface area contributed by atoms with Gasteiger partial charge in [-0.3, -0.25) is 0 Å². The molecular formula is C86H82N2. The van der Waals surface area contributed by atoms with Crippen molar-refractivity contribution < 1.29 is 0 Å². The van der Waals surface area contributed by atoms with E-state index in [0.717, 1.165) is 34.6 Å². The zero-order chi connectivity index (χ0) is 61.8. The summed E-state index contributed by atoms with van der Waals surface area (Å²) in [7, 11) is 2.19. The average Bonchev–Trinajstić information content (AvgIpc) is 1.51. The quantitative estimate of drug-likeness (QED) is 0.140. The first-order valence-electron chi connectivity index (χ1n) is 31.4. The van der Waals surface area contributed by atoms with Gasteiger partial charge in [0.1, 0.15) is 0 Å². The molecule has 11 aromatic carbocycles.